The van der Waals surface area contributed by atoms with Gasteiger partial charge in [0.05, 0.1) is 40.2 Å². The number of amides is 1. The summed E-state index contributed by atoms with van der Waals surface area (Å²) >= 11 is 1.52. The molecular weight excluding hydrogens is 441 g/mol. The summed E-state index contributed by atoms with van der Waals surface area (Å²) in [5.74, 6) is -0.0815. The number of aryl methyl sites for hydroxylation is 3. The highest BCUT2D eigenvalue weighted by atomic mass is 32.1. The summed E-state index contributed by atoms with van der Waals surface area (Å²) < 4.78 is 20.8. The number of anilines is 1. The van der Waals surface area contributed by atoms with E-state index >= 15 is 0 Å². The Morgan fingerprint density at radius 1 is 1.18 bits per heavy atom. The van der Waals surface area contributed by atoms with Crippen LogP contribution in [-0.2, 0) is 13.6 Å². The number of halogens is 1. The number of hydrogen-bond donors (Lipinski definition) is 0. The van der Waals surface area contributed by atoms with Crippen LogP contribution in [0.2, 0.25) is 0 Å². The Balaban J connectivity index is 1.68. The molecule has 5 aromatic rings. The van der Waals surface area contributed by atoms with Crippen molar-refractivity contribution in [3.8, 4) is 11.5 Å². The molecule has 0 aliphatic heterocycles. The van der Waals surface area contributed by atoms with Gasteiger partial charge in [-0.3, -0.25) is 9.48 Å². The summed E-state index contributed by atoms with van der Waals surface area (Å²) in [6, 6.07) is 11.2. The van der Waals surface area contributed by atoms with E-state index in [9.17, 15) is 9.18 Å². The van der Waals surface area contributed by atoms with Crippen molar-refractivity contribution in [1.29, 1.82) is 0 Å². The smallest absolute Gasteiger partial charge is 0.259 e. The fraction of sp³-hybridized carbons (Fsp3) is 0.167. The molecule has 0 radical (unpaired) electrons. The molecule has 1 amide bonds. The molecule has 0 aliphatic rings. The molecule has 0 fully saturated rings. The molecule has 9 heteroatoms. The number of pyridine rings is 1. The number of benzene rings is 1. The Kier molecular flexibility index (Phi) is 5.26. The zero-order chi connectivity index (χ0) is 23.1. The Bertz CT molecular complexity index is 1450. The van der Waals surface area contributed by atoms with Gasteiger partial charge in [0.15, 0.2) is 11.4 Å². The maximum atomic E-state index is 14.1. The number of furan rings is 1. The third-order valence-corrected chi connectivity index (χ3v) is 6.17. The van der Waals surface area contributed by atoms with Crippen molar-refractivity contribution in [3.63, 3.8) is 0 Å². The van der Waals surface area contributed by atoms with E-state index in [0.29, 0.717) is 39.4 Å². The van der Waals surface area contributed by atoms with Crippen LogP contribution in [0.15, 0.2) is 58.5 Å². The van der Waals surface area contributed by atoms with E-state index in [2.05, 4.69) is 15.1 Å². The molecule has 1 aromatic carbocycles. The van der Waals surface area contributed by atoms with Gasteiger partial charge in [0, 0.05) is 18.1 Å². The van der Waals surface area contributed by atoms with Crippen LogP contribution in [0.25, 0.3) is 22.5 Å². The van der Waals surface area contributed by atoms with Gasteiger partial charge >= 0.3 is 0 Å². The van der Waals surface area contributed by atoms with Crippen LogP contribution >= 0.6 is 11.3 Å². The summed E-state index contributed by atoms with van der Waals surface area (Å²) in [7, 11) is 1.79. The monoisotopic (exact) mass is 461 g/mol. The Labute approximate surface area is 193 Å². The van der Waals surface area contributed by atoms with E-state index in [1.165, 1.54) is 23.5 Å². The van der Waals surface area contributed by atoms with Crippen molar-refractivity contribution >= 4 is 34.0 Å². The summed E-state index contributed by atoms with van der Waals surface area (Å²) in [5, 5.41) is 7.98. The van der Waals surface area contributed by atoms with E-state index in [1.807, 2.05) is 19.2 Å². The van der Waals surface area contributed by atoms with Crippen LogP contribution in [0.1, 0.15) is 26.8 Å². The number of aromatic nitrogens is 4. The number of carbonyl (C=O) groups is 1. The molecule has 0 unspecified atom stereocenters. The minimum Gasteiger partial charge on any atom is -0.463 e. The maximum Gasteiger partial charge on any atom is 0.259 e. The highest BCUT2D eigenvalue weighted by molar-refractivity contribution is 7.09. The van der Waals surface area contributed by atoms with Crippen molar-refractivity contribution in [2.24, 2.45) is 7.05 Å². The highest BCUT2D eigenvalue weighted by Crippen LogP contribution is 2.30. The Morgan fingerprint density at radius 3 is 2.64 bits per heavy atom. The molecule has 166 valence electrons. The first-order chi connectivity index (χ1) is 15.9. The first kappa shape index (κ1) is 21.0. The average Bonchev–Trinajstić information content (AvgIpc) is 3.54. The van der Waals surface area contributed by atoms with E-state index in [-0.39, 0.29) is 18.3 Å². The van der Waals surface area contributed by atoms with Gasteiger partial charge in [-0.25, -0.2) is 14.4 Å². The standard InChI is InChI=1S/C24H20FN5O2S/c1-14-22-19(11-20(21-5-4-10-32-21)27-23(22)29(3)28-14)24(31)30(12-17-13-33-15(2)26-17)18-8-6-16(25)7-9-18/h4-11,13H,12H2,1-3H3. The van der Waals surface area contributed by atoms with E-state index in [1.54, 1.807) is 53.2 Å². The lowest BCUT2D eigenvalue weighted by atomic mass is 10.1. The molecule has 0 saturated carbocycles. The minimum atomic E-state index is -0.370. The largest absolute Gasteiger partial charge is 0.463 e. The zero-order valence-corrected chi connectivity index (χ0v) is 19.1. The van der Waals surface area contributed by atoms with Gasteiger partial charge in [-0.1, -0.05) is 0 Å². The van der Waals surface area contributed by atoms with Crippen molar-refractivity contribution in [2.45, 2.75) is 20.4 Å². The Hall–Kier alpha value is -3.85. The van der Waals surface area contributed by atoms with Crippen molar-refractivity contribution in [3.05, 3.63) is 81.9 Å². The fourth-order valence-electron chi connectivity index (χ4n) is 3.85. The summed E-state index contributed by atoms with van der Waals surface area (Å²) in [6.45, 7) is 4.01. The molecule has 0 aliphatic carbocycles. The average molecular weight is 462 g/mol. The molecule has 0 N–H and O–H groups in total. The van der Waals surface area contributed by atoms with E-state index in [0.717, 1.165) is 10.7 Å². The molecule has 0 bridgehead atoms. The van der Waals surface area contributed by atoms with Gasteiger partial charge in [0.2, 0.25) is 0 Å². The predicted molar refractivity (Wildman–Crippen MR) is 125 cm³/mol. The second kappa shape index (κ2) is 8.25. The summed E-state index contributed by atoms with van der Waals surface area (Å²) in [5.41, 5.74) is 3.56. The number of thiazole rings is 1. The van der Waals surface area contributed by atoms with Gasteiger partial charge in [-0.15, -0.1) is 11.3 Å². The molecule has 4 aromatic heterocycles. The van der Waals surface area contributed by atoms with E-state index in [4.69, 9.17) is 4.42 Å². The third kappa shape index (κ3) is 3.91. The second-order valence-electron chi connectivity index (χ2n) is 7.67. The number of rotatable bonds is 5. The molecule has 33 heavy (non-hydrogen) atoms. The first-order valence-electron chi connectivity index (χ1n) is 10.3. The quantitative estimate of drug-likeness (QED) is 0.356. The number of carbonyl (C=O) groups excluding carboxylic acids is 1. The lowest BCUT2D eigenvalue weighted by molar-refractivity contribution is 0.0986. The number of nitrogens with zero attached hydrogens (tertiary/aromatic N) is 5. The first-order valence-corrected chi connectivity index (χ1v) is 11.2. The van der Waals surface area contributed by atoms with Crippen LogP contribution in [0.5, 0.6) is 0 Å². The number of fused-ring (bicyclic) bond motifs is 1. The van der Waals surface area contributed by atoms with Gasteiger partial charge < -0.3 is 9.32 Å². The topological polar surface area (TPSA) is 77.1 Å². The number of hydrogen-bond acceptors (Lipinski definition) is 6. The molecular formula is C24H20FN5O2S. The molecule has 7 nitrogen and oxygen atoms in total. The van der Waals surface area contributed by atoms with E-state index < -0.39 is 0 Å². The van der Waals surface area contributed by atoms with Crippen LogP contribution < -0.4 is 4.90 Å². The molecule has 0 saturated heterocycles. The van der Waals surface area contributed by atoms with Crippen molar-refractivity contribution < 1.29 is 13.6 Å². The van der Waals surface area contributed by atoms with Gasteiger partial charge in [-0.2, -0.15) is 5.10 Å². The predicted octanol–water partition coefficient (Wildman–Crippen LogP) is 5.29. The minimum absolute atomic E-state index is 0.244. The van der Waals surface area contributed by atoms with Gasteiger partial charge in [0.25, 0.3) is 5.91 Å². The third-order valence-electron chi connectivity index (χ3n) is 5.34. The van der Waals surface area contributed by atoms with Gasteiger partial charge in [0.1, 0.15) is 11.5 Å². The molecule has 0 spiro atoms. The van der Waals surface area contributed by atoms with Gasteiger partial charge in [-0.05, 0) is 56.3 Å². The lowest BCUT2D eigenvalue weighted by Gasteiger charge is -2.23. The zero-order valence-electron chi connectivity index (χ0n) is 18.2. The second-order valence-corrected chi connectivity index (χ2v) is 8.73. The van der Waals surface area contributed by atoms with Crippen LogP contribution in [0, 0.1) is 19.7 Å². The SMILES string of the molecule is Cc1nc(CN(C(=O)c2cc(-c3ccco3)nc3c2c(C)nn3C)c2ccc(F)cc2)cs1. The lowest BCUT2D eigenvalue weighted by Crippen LogP contribution is -2.31. The summed E-state index contributed by atoms with van der Waals surface area (Å²) in [4.78, 5) is 24.9. The van der Waals surface area contributed by atoms with Crippen LogP contribution in [-0.4, -0.2) is 25.7 Å². The van der Waals surface area contributed by atoms with Crippen LogP contribution in [0.3, 0.4) is 0 Å². The highest BCUT2D eigenvalue weighted by Gasteiger charge is 2.26. The molecule has 4 heterocycles. The van der Waals surface area contributed by atoms with Crippen molar-refractivity contribution in [2.75, 3.05) is 4.90 Å². The van der Waals surface area contributed by atoms with Crippen LogP contribution in [0.4, 0.5) is 10.1 Å². The molecule has 5 rings (SSSR count). The summed E-state index contributed by atoms with van der Waals surface area (Å²) in [6.07, 6.45) is 1.56. The normalized spacial score (nSPS) is 11.3. The Morgan fingerprint density at radius 2 is 1.97 bits per heavy atom. The van der Waals surface area contributed by atoms with Crippen molar-refractivity contribution in [1.82, 2.24) is 19.7 Å². The molecule has 0 atom stereocenters. The maximum absolute atomic E-state index is 14.1. The fourth-order valence-corrected chi connectivity index (χ4v) is 4.46.